The van der Waals surface area contributed by atoms with Crippen molar-refractivity contribution in [3.8, 4) is 10.8 Å². The van der Waals surface area contributed by atoms with E-state index in [1.165, 1.54) is 0 Å². The molecule has 0 bridgehead atoms. The minimum Gasteiger partial charge on any atom is -0.418 e. The van der Waals surface area contributed by atoms with Crippen molar-refractivity contribution in [2.45, 2.75) is 45.3 Å². The number of aryl methyl sites for hydroxylation is 2. The molecule has 4 rings (SSSR count). The summed E-state index contributed by atoms with van der Waals surface area (Å²) in [5, 5.41) is 18.3. The number of aromatic nitrogens is 5. The standard InChI is InChI=1S/C15H18N6OS/c1-9(14-18-19-15(22-14)12-4-3-7-23-12)16-11-5-6-13-17-10(2)20-21(13)8-11/h3-4,7,9,11,16H,5-6,8H2,1-2H3/t9-,11+/m0/s1. The van der Waals surface area contributed by atoms with Crippen LogP contribution in [0.1, 0.15) is 36.9 Å². The summed E-state index contributed by atoms with van der Waals surface area (Å²) < 4.78 is 7.79. The van der Waals surface area contributed by atoms with Crippen LogP contribution in [0.3, 0.4) is 0 Å². The van der Waals surface area contributed by atoms with Gasteiger partial charge in [-0.1, -0.05) is 6.07 Å². The van der Waals surface area contributed by atoms with Crippen LogP contribution in [0.5, 0.6) is 0 Å². The molecule has 0 aromatic carbocycles. The van der Waals surface area contributed by atoms with Crippen LogP contribution in [0, 0.1) is 6.92 Å². The lowest BCUT2D eigenvalue weighted by atomic mass is 10.1. The van der Waals surface area contributed by atoms with Crippen molar-refractivity contribution in [2.24, 2.45) is 0 Å². The predicted octanol–water partition coefficient (Wildman–Crippen LogP) is 2.36. The number of thiophene rings is 1. The van der Waals surface area contributed by atoms with Gasteiger partial charge in [-0.25, -0.2) is 9.67 Å². The van der Waals surface area contributed by atoms with E-state index in [1.807, 2.05) is 36.0 Å². The third kappa shape index (κ3) is 2.91. The molecule has 1 aliphatic rings. The molecular weight excluding hydrogens is 312 g/mol. The maximum atomic E-state index is 5.80. The molecule has 3 aromatic heterocycles. The first-order valence-electron chi connectivity index (χ1n) is 7.72. The van der Waals surface area contributed by atoms with E-state index < -0.39 is 0 Å². The number of rotatable bonds is 4. The summed E-state index contributed by atoms with van der Waals surface area (Å²) in [6.07, 6.45) is 1.98. The Morgan fingerprint density at radius 1 is 1.43 bits per heavy atom. The van der Waals surface area contributed by atoms with Crippen molar-refractivity contribution in [1.29, 1.82) is 0 Å². The third-order valence-corrected chi connectivity index (χ3v) is 4.85. The first-order valence-corrected chi connectivity index (χ1v) is 8.60. The van der Waals surface area contributed by atoms with E-state index in [0.717, 1.165) is 35.9 Å². The highest BCUT2D eigenvalue weighted by atomic mass is 32.1. The summed E-state index contributed by atoms with van der Waals surface area (Å²) >= 11 is 1.60. The topological polar surface area (TPSA) is 81.7 Å². The summed E-state index contributed by atoms with van der Waals surface area (Å²) in [7, 11) is 0. The quantitative estimate of drug-likeness (QED) is 0.791. The number of fused-ring (bicyclic) bond motifs is 1. The molecule has 0 unspecified atom stereocenters. The monoisotopic (exact) mass is 330 g/mol. The highest BCUT2D eigenvalue weighted by molar-refractivity contribution is 7.13. The zero-order valence-corrected chi connectivity index (χ0v) is 13.9. The first-order chi connectivity index (χ1) is 11.2. The molecule has 0 amide bonds. The lowest BCUT2D eigenvalue weighted by Crippen LogP contribution is -2.39. The van der Waals surface area contributed by atoms with E-state index in [-0.39, 0.29) is 6.04 Å². The molecule has 120 valence electrons. The molecule has 0 saturated heterocycles. The molecule has 2 atom stereocenters. The molecular formula is C15H18N6OS. The van der Waals surface area contributed by atoms with Crippen molar-refractivity contribution < 1.29 is 4.42 Å². The average Bonchev–Trinajstić information content (AvgIpc) is 3.26. The molecule has 7 nitrogen and oxygen atoms in total. The van der Waals surface area contributed by atoms with Gasteiger partial charge >= 0.3 is 0 Å². The second kappa shape index (κ2) is 5.86. The van der Waals surface area contributed by atoms with Gasteiger partial charge in [-0.15, -0.1) is 21.5 Å². The molecule has 23 heavy (non-hydrogen) atoms. The van der Waals surface area contributed by atoms with Crippen molar-refractivity contribution in [3.63, 3.8) is 0 Å². The lowest BCUT2D eigenvalue weighted by molar-refractivity contribution is 0.310. The number of hydrogen-bond acceptors (Lipinski definition) is 7. The second-order valence-electron chi connectivity index (χ2n) is 5.80. The lowest BCUT2D eigenvalue weighted by Gasteiger charge is -2.25. The van der Waals surface area contributed by atoms with Crippen LogP contribution in [0.4, 0.5) is 0 Å². The Balaban J connectivity index is 1.43. The fourth-order valence-corrected chi connectivity index (χ4v) is 3.55. The van der Waals surface area contributed by atoms with Crippen LogP contribution in [0.15, 0.2) is 21.9 Å². The van der Waals surface area contributed by atoms with Gasteiger partial charge in [-0.2, -0.15) is 5.10 Å². The van der Waals surface area contributed by atoms with E-state index in [1.54, 1.807) is 11.3 Å². The number of hydrogen-bond donors (Lipinski definition) is 1. The molecule has 0 aliphatic carbocycles. The van der Waals surface area contributed by atoms with Crippen molar-refractivity contribution in [2.75, 3.05) is 0 Å². The summed E-state index contributed by atoms with van der Waals surface area (Å²) in [6, 6.07) is 4.30. The van der Waals surface area contributed by atoms with Gasteiger partial charge in [0.15, 0.2) is 0 Å². The van der Waals surface area contributed by atoms with Crippen LogP contribution >= 0.6 is 11.3 Å². The van der Waals surface area contributed by atoms with Crippen LogP contribution in [-0.4, -0.2) is 31.0 Å². The van der Waals surface area contributed by atoms with Crippen molar-refractivity contribution in [1.82, 2.24) is 30.3 Å². The van der Waals surface area contributed by atoms with E-state index >= 15 is 0 Å². The third-order valence-electron chi connectivity index (χ3n) is 3.99. The summed E-state index contributed by atoms with van der Waals surface area (Å²) in [6.45, 7) is 4.81. The van der Waals surface area contributed by atoms with Crippen molar-refractivity contribution >= 4 is 11.3 Å². The molecule has 4 heterocycles. The minimum atomic E-state index is 0.00683. The number of nitrogens with zero attached hydrogens (tertiary/aromatic N) is 5. The Bertz CT molecular complexity index is 793. The predicted molar refractivity (Wildman–Crippen MR) is 86.0 cm³/mol. The SMILES string of the molecule is Cc1nc2n(n1)C[C@H](N[C@@H](C)c1nnc(-c3cccs3)o1)CC2. The zero-order chi connectivity index (χ0) is 15.8. The van der Waals surface area contributed by atoms with Gasteiger partial charge in [-0.3, -0.25) is 0 Å². The fraction of sp³-hybridized carbons (Fsp3) is 0.467. The normalized spacial score (nSPS) is 18.8. The maximum Gasteiger partial charge on any atom is 0.257 e. The van der Waals surface area contributed by atoms with Gasteiger partial charge < -0.3 is 9.73 Å². The zero-order valence-electron chi connectivity index (χ0n) is 13.1. The van der Waals surface area contributed by atoms with Gasteiger partial charge in [0.2, 0.25) is 5.89 Å². The number of nitrogens with one attached hydrogen (secondary N) is 1. The van der Waals surface area contributed by atoms with Crippen LogP contribution in [0.2, 0.25) is 0 Å². The van der Waals surface area contributed by atoms with Gasteiger partial charge in [0, 0.05) is 12.5 Å². The largest absolute Gasteiger partial charge is 0.418 e. The minimum absolute atomic E-state index is 0.00683. The summed E-state index contributed by atoms with van der Waals surface area (Å²) in [5.41, 5.74) is 0. The summed E-state index contributed by atoms with van der Waals surface area (Å²) in [4.78, 5) is 5.44. The molecule has 0 spiro atoms. The highest BCUT2D eigenvalue weighted by Crippen LogP contribution is 2.25. The Labute approximate surface area is 137 Å². The van der Waals surface area contributed by atoms with E-state index in [2.05, 4.69) is 25.6 Å². The Kier molecular flexibility index (Phi) is 3.70. The Hall–Kier alpha value is -2.06. The molecule has 3 aromatic rings. The highest BCUT2D eigenvalue weighted by Gasteiger charge is 2.24. The van der Waals surface area contributed by atoms with Gasteiger partial charge in [0.05, 0.1) is 17.5 Å². The van der Waals surface area contributed by atoms with Gasteiger partial charge in [0.25, 0.3) is 5.89 Å². The van der Waals surface area contributed by atoms with E-state index in [0.29, 0.717) is 17.8 Å². The fourth-order valence-electron chi connectivity index (χ4n) is 2.90. The molecule has 0 radical (unpaired) electrons. The van der Waals surface area contributed by atoms with Crippen LogP contribution < -0.4 is 5.32 Å². The van der Waals surface area contributed by atoms with E-state index in [9.17, 15) is 0 Å². The average molecular weight is 330 g/mol. The van der Waals surface area contributed by atoms with Crippen LogP contribution in [-0.2, 0) is 13.0 Å². The van der Waals surface area contributed by atoms with Gasteiger partial charge in [0.1, 0.15) is 11.6 Å². The van der Waals surface area contributed by atoms with Crippen molar-refractivity contribution in [3.05, 3.63) is 35.1 Å². The summed E-state index contributed by atoms with van der Waals surface area (Å²) in [5.74, 6) is 3.12. The second-order valence-corrected chi connectivity index (χ2v) is 6.75. The Morgan fingerprint density at radius 2 is 2.35 bits per heavy atom. The van der Waals surface area contributed by atoms with E-state index in [4.69, 9.17) is 4.42 Å². The smallest absolute Gasteiger partial charge is 0.257 e. The molecule has 0 saturated carbocycles. The molecule has 8 heteroatoms. The molecule has 1 aliphatic heterocycles. The molecule has 1 N–H and O–H groups in total. The van der Waals surface area contributed by atoms with Gasteiger partial charge in [-0.05, 0) is 31.7 Å². The maximum absolute atomic E-state index is 5.80. The first kappa shape index (κ1) is 14.5. The Morgan fingerprint density at radius 3 is 3.17 bits per heavy atom. The van der Waals surface area contributed by atoms with Crippen LogP contribution in [0.25, 0.3) is 10.8 Å². The molecule has 0 fully saturated rings.